The minimum absolute atomic E-state index is 0.0296. The Morgan fingerprint density at radius 1 is 0.958 bits per heavy atom. The third-order valence-corrected chi connectivity index (χ3v) is 5.97. The maximum absolute atomic E-state index is 6.56. The summed E-state index contributed by atoms with van der Waals surface area (Å²) in [6, 6.07) is 5.67. The summed E-state index contributed by atoms with van der Waals surface area (Å²) in [6.07, 6.45) is 3.13. The molecule has 1 aromatic carbocycles. The lowest BCUT2D eigenvalue weighted by Crippen LogP contribution is -2.40. The number of rotatable bonds is 9. The molecule has 0 unspecified atom stereocenters. The minimum atomic E-state index is -1.77. The van der Waals surface area contributed by atoms with Crippen LogP contribution in [0.25, 0.3) is 0 Å². The Morgan fingerprint density at radius 3 is 2.00 bits per heavy atom. The second kappa shape index (κ2) is 9.20. The maximum Gasteiger partial charge on any atom is 0.184 e. The van der Waals surface area contributed by atoms with Gasteiger partial charge in [-0.15, -0.1) is 0 Å². The van der Waals surface area contributed by atoms with Crippen molar-refractivity contribution in [1.29, 1.82) is 0 Å². The molecule has 0 saturated heterocycles. The van der Waals surface area contributed by atoms with E-state index in [2.05, 4.69) is 46.2 Å². The van der Waals surface area contributed by atoms with Crippen molar-refractivity contribution in [3.8, 4) is 0 Å². The van der Waals surface area contributed by atoms with Gasteiger partial charge in [0.15, 0.2) is 16.6 Å². The van der Waals surface area contributed by atoms with E-state index in [-0.39, 0.29) is 12.2 Å². The van der Waals surface area contributed by atoms with E-state index in [0.717, 1.165) is 24.8 Å². The topological polar surface area (TPSA) is 18.5 Å². The zero-order chi connectivity index (χ0) is 18.5. The third-order valence-electron chi connectivity index (χ3n) is 3.43. The average molecular weight is 408 g/mol. The smallest absolute Gasteiger partial charge is 0.184 e. The summed E-state index contributed by atoms with van der Waals surface area (Å²) in [5.41, 5.74) is 0.989. The Hall–Kier alpha value is 0.154. The van der Waals surface area contributed by atoms with Crippen LogP contribution in [0.3, 0.4) is 0 Å². The van der Waals surface area contributed by atoms with Crippen LogP contribution < -0.4 is 0 Å². The minimum Gasteiger partial charge on any atom is -0.412 e. The van der Waals surface area contributed by atoms with Gasteiger partial charge in [0, 0.05) is 15.6 Å². The largest absolute Gasteiger partial charge is 0.412 e. The second-order valence-electron chi connectivity index (χ2n) is 8.23. The molecule has 1 rings (SSSR count). The van der Waals surface area contributed by atoms with E-state index < -0.39 is 16.6 Å². The normalized spacial score (nSPS) is 15.4. The maximum atomic E-state index is 6.56. The lowest BCUT2D eigenvalue weighted by molar-refractivity contribution is 0.0362. The molecular weight excluding hydrogens is 375 g/mol. The summed E-state index contributed by atoms with van der Waals surface area (Å²) in [4.78, 5) is 0. The molecule has 0 aliphatic carbocycles. The molecule has 24 heavy (non-hydrogen) atoms. The first-order valence-corrected chi connectivity index (χ1v) is 16.3. The summed E-state index contributed by atoms with van der Waals surface area (Å²) in [5, 5.41) is 1.30. The number of unbranched alkanes of at least 4 members (excludes halogenated alkanes) is 1. The van der Waals surface area contributed by atoms with E-state index in [1.165, 1.54) is 0 Å². The van der Waals surface area contributed by atoms with Crippen LogP contribution in [0.1, 0.15) is 37.9 Å². The Labute approximate surface area is 160 Å². The molecule has 0 bridgehead atoms. The summed E-state index contributed by atoms with van der Waals surface area (Å²) < 4.78 is 13.1. The average Bonchev–Trinajstić information content (AvgIpc) is 2.39. The molecular formula is C18H32Cl2O2Si2. The fourth-order valence-electron chi connectivity index (χ4n) is 2.58. The summed E-state index contributed by atoms with van der Waals surface area (Å²) in [7, 11) is -3.48. The quantitative estimate of drug-likeness (QED) is 0.400. The van der Waals surface area contributed by atoms with Crippen LogP contribution in [-0.2, 0) is 8.85 Å². The molecule has 0 fully saturated rings. The Bertz CT molecular complexity index is 525. The summed E-state index contributed by atoms with van der Waals surface area (Å²) >= 11 is 12.6. The van der Waals surface area contributed by atoms with Crippen LogP contribution >= 0.6 is 23.2 Å². The van der Waals surface area contributed by atoms with Crippen LogP contribution in [0.15, 0.2) is 18.2 Å². The van der Waals surface area contributed by atoms with Gasteiger partial charge >= 0.3 is 0 Å². The standard InChI is InChI=1S/C18H32Cl2O2Si2/c1-8-9-10-17(21-23(2,3)4)18(22-24(5,6)7)15-12-11-14(19)13-16(15)20/h11-13,17-18H,8-10H2,1-7H3/t17-,18-/m1/s1. The van der Waals surface area contributed by atoms with Crippen molar-refractivity contribution >= 4 is 39.8 Å². The number of benzene rings is 1. The zero-order valence-electron chi connectivity index (χ0n) is 16.1. The Kier molecular flexibility index (Phi) is 8.50. The monoisotopic (exact) mass is 406 g/mol. The van der Waals surface area contributed by atoms with Gasteiger partial charge in [-0.1, -0.05) is 49.0 Å². The molecule has 0 N–H and O–H groups in total. The van der Waals surface area contributed by atoms with E-state index in [9.17, 15) is 0 Å². The van der Waals surface area contributed by atoms with Crippen LogP contribution in [0, 0.1) is 0 Å². The highest BCUT2D eigenvalue weighted by Crippen LogP contribution is 2.36. The SMILES string of the molecule is CCCC[C@@H](O[Si](C)(C)C)[C@H](O[Si](C)(C)C)c1ccc(Cl)cc1Cl. The van der Waals surface area contributed by atoms with Gasteiger partial charge in [0.05, 0.1) is 12.2 Å². The zero-order valence-corrected chi connectivity index (χ0v) is 19.6. The van der Waals surface area contributed by atoms with Crippen molar-refractivity contribution in [3.05, 3.63) is 33.8 Å². The van der Waals surface area contributed by atoms with Gasteiger partial charge < -0.3 is 8.85 Å². The number of halogens is 2. The molecule has 0 radical (unpaired) electrons. The number of hydrogen-bond acceptors (Lipinski definition) is 2. The van der Waals surface area contributed by atoms with E-state index in [4.69, 9.17) is 32.1 Å². The lowest BCUT2D eigenvalue weighted by atomic mass is 10.0. The lowest BCUT2D eigenvalue weighted by Gasteiger charge is -2.37. The van der Waals surface area contributed by atoms with Gasteiger partial charge in [-0.25, -0.2) is 0 Å². The van der Waals surface area contributed by atoms with Crippen LogP contribution in [0.5, 0.6) is 0 Å². The Balaban J connectivity index is 3.25. The van der Waals surface area contributed by atoms with Gasteiger partial charge in [-0.05, 0) is 57.8 Å². The molecule has 0 amide bonds. The van der Waals surface area contributed by atoms with E-state index in [0.29, 0.717) is 10.0 Å². The van der Waals surface area contributed by atoms with Crippen LogP contribution in [0.4, 0.5) is 0 Å². The first-order valence-electron chi connectivity index (χ1n) is 8.73. The predicted octanol–water partition coefficient (Wildman–Crippen LogP) is 7.30. The molecule has 138 valence electrons. The van der Waals surface area contributed by atoms with Crippen molar-refractivity contribution < 1.29 is 8.85 Å². The third kappa shape index (κ3) is 8.02. The van der Waals surface area contributed by atoms with Crippen molar-refractivity contribution in [1.82, 2.24) is 0 Å². The molecule has 1 aromatic rings. The molecule has 0 aliphatic heterocycles. The highest BCUT2D eigenvalue weighted by molar-refractivity contribution is 6.70. The number of hydrogen-bond donors (Lipinski definition) is 0. The van der Waals surface area contributed by atoms with E-state index in [1.807, 2.05) is 12.1 Å². The molecule has 0 aliphatic rings. The van der Waals surface area contributed by atoms with Crippen molar-refractivity contribution in [2.24, 2.45) is 0 Å². The fourth-order valence-corrected chi connectivity index (χ4v) is 5.29. The van der Waals surface area contributed by atoms with Gasteiger partial charge in [0.2, 0.25) is 0 Å². The van der Waals surface area contributed by atoms with Crippen molar-refractivity contribution in [3.63, 3.8) is 0 Å². The highest BCUT2D eigenvalue weighted by atomic mass is 35.5. The molecule has 2 atom stereocenters. The highest BCUT2D eigenvalue weighted by Gasteiger charge is 2.34. The molecule has 0 aromatic heterocycles. The van der Waals surface area contributed by atoms with Gasteiger partial charge in [-0.2, -0.15) is 0 Å². The van der Waals surface area contributed by atoms with Crippen LogP contribution in [0.2, 0.25) is 49.3 Å². The first kappa shape index (κ1) is 22.2. The first-order chi connectivity index (χ1) is 10.9. The van der Waals surface area contributed by atoms with E-state index >= 15 is 0 Å². The molecule has 0 saturated carbocycles. The van der Waals surface area contributed by atoms with Crippen molar-refractivity contribution in [2.45, 2.75) is 77.7 Å². The van der Waals surface area contributed by atoms with E-state index in [1.54, 1.807) is 6.07 Å². The fraction of sp³-hybridized carbons (Fsp3) is 0.667. The summed E-state index contributed by atoms with van der Waals surface area (Å²) in [6.45, 7) is 15.5. The molecule has 2 nitrogen and oxygen atoms in total. The molecule has 6 heteroatoms. The van der Waals surface area contributed by atoms with Crippen molar-refractivity contribution in [2.75, 3.05) is 0 Å². The predicted molar refractivity (Wildman–Crippen MR) is 111 cm³/mol. The Morgan fingerprint density at radius 2 is 1.54 bits per heavy atom. The van der Waals surface area contributed by atoms with Gasteiger partial charge in [0.1, 0.15) is 0 Å². The second-order valence-corrected chi connectivity index (χ2v) is 18.0. The summed E-state index contributed by atoms with van der Waals surface area (Å²) in [5.74, 6) is 0. The molecule has 0 heterocycles. The molecule has 0 spiro atoms. The van der Waals surface area contributed by atoms with Gasteiger partial charge in [-0.3, -0.25) is 0 Å². The van der Waals surface area contributed by atoms with Crippen LogP contribution in [-0.4, -0.2) is 22.7 Å². The van der Waals surface area contributed by atoms with Gasteiger partial charge in [0.25, 0.3) is 0 Å².